The molecule has 4 rings (SSSR count). The minimum atomic E-state index is -4.40. The Labute approximate surface area is 144 Å². The number of alkyl halides is 3. The number of nitrogens with two attached hydrogens (primary N) is 1. The predicted molar refractivity (Wildman–Crippen MR) is 94.5 cm³/mol. The first-order chi connectivity index (χ1) is 11.9. The lowest BCUT2D eigenvalue weighted by molar-refractivity contribution is -0.137. The summed E-state index contributed by atoms with van der Waals surface area (Å²) in [6.45, 7) is 1.18. The molecule has 1 saturated heterocycles. The summed E-state index contributed by atoms with van der Waals surface area (Å²) in [6, 6.07) is 12.3. The van der Waals surface area contributed by atoms with Crippen molar-refractivity contribution in [2.45, 2.75) is 24.4 Å². The fourth-order valence-electron chi connectivity index (χ4n) is 4.07. The molecule has 0 radical (unpaired) electrons. The number of anilines is 2. The molecule has 0 aromatic heterocycles. The number of piperidine rings is 1. The van der Waals surface area contributed by atoms with Gasteiger partial charge in [0.25, 0.3) is 0 Å². The Bertz CT molecular complexity index is 831. The third-order valence-corrected chi connectivity index (χ3v) is 5.40. The van der Waals surface area contributed by atoms with E-state index in [1.165, 1.54) is 17.2 Å². The molecule has 1 heterocycles. The van der Waals surface area contributed by atoms with Gasteiger partial charge in [-0.15, -0.1) is 0 Å². The van der Waals surface area contributed by atoms with Gasteiger partial charge < -0.3 is 10.6 Å². The van der Waals surface area contributed by atoms with Crippen molar-refractivity contribution in [3.8, 4) is 0 Å². The Morgan fingerprint density at radius 3 is 2.44 bits per heavy atom. The van der Waals surface area contributed by atoms with Gasteiger partial charge >= 0.3 is 6.18 Å². The van der Waals surface area contributed by atoms with Crippen LogP contribution in [0.15, 0.2) is 48.5 Å². The Kier molecular flexibility index (Phi) is 3.56. The number of nitrogen functional groups attached to an aromatic ring is 1. The smallest absolute Gasteiger partial charge is 0.399 e. The van der Waals surface area contributed by atoms with E-state index in [0.717, 1.165) is 18.9 Å². The van der Waals surface area contributed by atoms with E-state index in [4.69, 9.17) is 5.73 Å². The molecule has 2 aromatic carbocycles. The third-order valence-electron chi connectivity index (χ3n) is 5.40. The second-order valence-corrected chi connectivity index (χ2v) is 6.84. The number of benzene rings is 2. The lowest BCUT2D eigenvalue weighted by Gasteiger charge is -2.41. The summed E-state index contributed by atoms with van der Waals surface area (Å²) in [5.41, 5.74) is 7.76. The van der Waals surface area contributed by atoms with Crippen LogP contribution in [-0.4, -0.2) is 13.1 Å². The molecule has 2 N–H and O–H groups in total. The summed E-state index contributed by atoms with van der Waals surface area (Å²) < 4.78 is 40.1. The van der Waals surface area contributed by atoms with Gasteiger partial charge in [0.15, 0.2) is 0 Å². The molecule has 1 fully saturated rings. The normalized spacial score (nSPS) is 18.6. The summed E-state index contributed by atoms with van der Waals surface area (Å²) in [4.78, 5) is 1.84. The lowest BCUT2D eigenvalue weighted by Crippen LogP contribution is -2.41. The topological polar surface area (TPSA) is 29.3 Å². The highest BCUT2D eigenvalue weighted by molar-refractivity contribution is 5.66. The number of halogens is 3. The lowest BCUT2D eigenvalue weighted by atomic mass is 9.74. The number of hydrogen-bond acceptors (Lipinski definition) is 2. The molecule has 1 aliphatic carbocycles. The summed E-state index contributed by atoms with van der Waals surface area (Å²) in [7, 11) is 0. The van der Waals surface area contributed by atoms with Crippen molar-refractivity contribution in [2.75, 3.05) is 23.7 Å². The second-order valence-electron chi connectivity index (χ2n) is 6.84. The van der Waals surface area contributed by atoms with Crippen molar-refractivity contribution in [3.63, 3.8) is 0 Å². The highest BCUT2D eigenvalue weighted by Crippen LogP contribution is 2.46. The minimum Gasteiger partial charge on any atom is -0.399 e. The number of rotatable bonds is 1. The molecule has 1 spiro atoms. The van der Waals surface area contributed by atoms with Crippen LogP contribution in [-0.2, 0) is 11.6 Å². The standard InChI is InChI=1S/C20H19F3N2/c21-20(22,23)17-13-15(24)5-6-18(17)25-11-9-19(10-12-25)8-7-14-3-1-2-4-16(14)19/h1-8,13H,9-12,24H2. The summed E-state index contributed by atoms with van der Waals surface area (Å²) in [5.74, 6) is 0. The maximum atomic E-state index is 13.4. The summed E-state index contributed by atoms with van der Waals surface area (Å²) in [5, 5.41) is 0. The molecule has 0 bridgehead atoms. The molecule has 0 atom stereocenters. The Morgan fingerprint density at radius 1 is 1.00 bits per heavy atom. The minimum absolute atomic E-state index is 0.0424. The number of allylic oxidation sites excluding steroid dienone is 1. The van der Waals surface area contributed by atoms with Crippen LogP contribution in [0.4, 0.5) is 24.5 Å². The maximum absolute atomic E-state index is 13.4. The quantitative estimate of drug-likeness (QED) is 0.749. The van der Waals surface area contributed by atoms with Crippen LogP contribution < -0.4 is 10.6 Å². The molecule has 2 aliphatic rings. The molecule has 0 amide bonds. The summed E-state index contributed by atoms with van der Waals surface area (Å²) in [6.07, 6.45) is 1.57. The van der Waals surface area contributed by atoms with Crippen LogP contribution in [0.2, 0.25) is 0 Å². The van der Waals surface area contributed by atoms with Gasteiger partial charge in [-0.05, 0) is 42.2 Å². The van der Waals surface area contributed by atoms with Crippen LogP contribution in [0.25, 0.3) is 6.08 Å². The molecule has 0 saturated carbocycles. The van der Waals surface area contributed by atoms with E-state index in [9.17, 15) is 13.2 Å². The zero-order valence-electron chi connectivity index (χ0n) is 13.7. The van der Waals surface area contributed by atoms with Crippen molar-refractivity contribution in [3.05, 3.63) is 65.2 Å². The first kappa shape index (κ1) is 16.1. The highest BCUT2D eigenvalue weighted by Gasteiger charge is 2.40. The number of hydrogen-bond donors (Lipinski definition) is 1. The first-order valence-electron chi connectivity index (χ1n) is 8.39. The molecule has 2 nitrogen and oxygen atoms in total. The summed E-state index contributed by atoms with van der Waals surface area (Å²) >= 11 is 0. The zero-order chi connectivity index (χ0) is 17.7. The zero-order valence-corrected chi connectivity index (χ0v) is 13.7. The predicted octanol–water partition coefficient (Wildman–Crippen LogP) is 4.85. The third kappa shape index (κ3) is 2.68. The van der Waals surface area contributed by atoms with Crippen molar-refractivity contribution in [2.24, 2.45) is 0 Å². The molecule has 1 aliphatic heterocycles. The molecule has 130 valence electrons. The highest BCUT2D eigenvalue weighted by atomic mass is 19.4. The van der Waals surface area contributed by atoms with Crippen molar-refractivity contribution >= 4 is 17.5 Å². The van der Waals surface area contributed by atoms with Gasteiger partial charge in [0.2, 0.25) is 0 Å². The van der Waals surface area contributed by atoms with Gasteiger partial charge in [-0.1, -0.05) is 36.4 Å². The Balaban J connectivity index is 1.61. The van der Waals surface area contributed by atoms with E-state index < -0.39 is 11.7 Å². The number of fused-ring (bicyclic) bond motifs is 2. The van der Waals surface area contributed by atoms with E-state index in [1.54, 1.807) is 6.07 Å². The van der Waals surface area contributed by atoms with Gasteiger partial charge in [0, 0.05) is 29.9 Å². The SMILES string of the molecule is Nc1ccc(N2CCC3(C=Cc4ccccc43)CC2)c(C(F)(F)F)c1. The number of nitrogens with zero attached hydrogens (tertiary/aromatic N) is 1. The average Bonchev–Trinajstić information content (AvgIpc) is 2.94. The van der Waals surface area contributed by atoms with E-state index in [-0.39, 0.29) is 16.8 Å². The fourth-order valence-corrected chi connectivity index (χ4v) is 4.07. The monoisotopic (exact) mass is 344 g/mol. The molecular weight excluding hydrogens is 325 g/mol. The molecule has 0 unspecified atom stereocenters. The van der Waals surface area contributed by atoms with E-state index in [1.807, 2.05) is 17.0 Å². The van der Waals surface area contributed by atoms with Crippen LogP contribution in [0, 0.1) is 0 Å². The molecule has 2 aromatic rings. The fraction of sp³-hybridized carbons (Fsp3) is 0.300. The Hall–Kier alpha value is -2.43. The molecule has 25 heavy (non-hydrogen) atoms. The molecular formula is C20H19F3N2. The van der Waals surface area contributed by atoms with E-state index in [0.29, 0.717) is 13.1 Å². The van der Waals surface area contributed by atoms with Crippen molar-refractivity contribution in [1.29, 1.82) is 0 Å². The van der Waals surface area contributed by atoms with Gasteiger partial charge in [-0.25, -0.2) is 0 Å². The van der Waals surface area contributed by atoms with Gasteiger partial charge in [0.1, 0.15) is 0 Å². The van der Waals surface area contributed by atoms with Gasteiger partial charge in [-0.3, -0.25) is 0 Å². The average molecular weight is 344 g/mol. The first-order valence-corrected chi connectivity index (χ1v) is 8.39. The van der Waals surface area contributed by atoms with E-state index in [2.05, 4.69) is 24.3 Å². The maximum Gasteiger partial charge on any atom is 0.418 e. The second kappa shape index (κ2) is 5.55. The Morgan fingerprint density at radius 2 is 1.72 bits per heavy atom. The van der Waals surface area contributed by atoms with Crippen molar-refractivity contribution < 1.29 is 13.2 Å². The van der Waals surface area contributed by atoms with Crippen LogP contribution in [0.3, 0.4) is 0 Å². The van der Waals surface area contributed by atoms with Gasteiger partial charge in [-0.2, -0.15) is 13.2 Å². The van der Waals surface area contributed by atoms with Crippen LogP contribution >= 0.6 is 0 Å². The van der Waals surface area contributed by atoms with Gasteiger partial charge in [0.05, 0.1) is 5.56 Å². The largest absolute Gasteiger partial charge is 0.418 e. The van der Waals surface area contributed by atoms with Crippen LogP contribution in [0.5, 0.6) is 0 Å². The molecule has 5 heteroatoms. The van der Waals surface area contributed by atoms with E-state index >= 15 is 0 Å². The van der Waals surface area contributed by atoms with Crippen molar-refractivity contribution in [1.82, 2.24) is 0 Å². The van der Waals surface area contributed by atoms with Crippen LogP contribution in [0.1, 0.15) is 29.5 Å².